The molecule has 0 saturated heterocycles. The zero-order valence-corrected chi connectivity index (χ0v) is 17.1. The number of ether oxygens (including phenoxy) is 1. The molecule has 162 valence electrons. The van der Waals surface area contributed by atoms with Gasteiger partial charge in [-0.3, -0.25) is 4.79 Å². The third-order valence-electron chi connectivity index (χ3n) is 3.95. The van der Waals surface area contributed by atoms with Crippen molar-refractivity contribution in [3.8, 4) is 5.75 Å². The number of carboxylic acids is 1. The Labute approximate surface area is 170 Å². The smallest absolute Gasteiger partial charge is 0.408 e. The van der Waals surface area contributed by atoms with Crippen LogP contribution in [0, 0.1) is 0 Å². The first-order valence-electron chi connectivity index (χ1n) is 9.52. The predicted molar refractivity (Wildman–Crippen MR) is 107 cm³/mol. The number of alkyl carbamates (subject to hydrolysis) is 1. The number of unbranched alkanes of at least 4 members (excludes halogenated alkanes) is 1. The monoisotopic (exact) mass is 409 g/mol. The van der Waals surface area contributed by atoms with Crippen molar-refractivity contribution in [1.82, 2.24) is 10.6 Å². The molecule has 0 aliphatic heterocycles. The minimum atomic E-state index is -1.16. The molecule has 1 rings (SSSR count). The topological polar surface area (TPSA) is 151 Å². The Hall–Kier alpha value is -2.81. The molecule has 0 spiro atoms. The van der Waals surface area contributed by atoms with E-state index in [1.165, 1.54) is 12.1 Å². The highest BCUT2D eigenvalue weighted by Gasteiger charge is 2.28. The Bertz CT molecular complexity index is 684. The number of hydrogen-bond acceptors (Lipinski definition) is 6. The molecule has 9 heteroatoms. The van der Waals surface area contributed by atoms with Crippen molar-refractivity contribution in [3.63, 3.8) is 0 Å². The summed E-state index contributed by atoms with van der Waals surface area (Å²) >= 11 is 0. The number of hydrogen-bond donors (Lipinski definition) is 5. The molecule has 0 fully saturated rings. The number of aromatic hydroxyl groups is 1. The van der Waals surface area contributed by atoms with E-state index in [0.717, 1.165) is 0 Å². The number of phenolic OH excluding ortho intramolecular Hbond substituents is 1. The minimum Gasteiger partial charge on any atom is -0.508 e. The lowest BCUT2D eigenvalue weighted by atomic mass is 10.0. The molecule has 0 heterocycles. The van der Waals surface area contributed by atoms with Gasteiger partial charge in [-0.1, -0.05) is 12.1 Å². The maximum absolute atomic E-state index is 12.7. The lowest BCUT2D eigenvalue weighted by Crippen LogP contribution is -2.53. The Balaban J connectivity index is 2.91. The summed E-state index contributed by atoms with van der Waals surface area (Å²) in [7, 11) is 0. The predicted octanol–water partition coefficient (Wildman–Crippen LogP) is 1.53. The summed E-state index contributed by atoms with van der Waals surface area (Å²) in [6, 6.07) is 4.02. The van der Waals surface area contributed by atoms with Gasteiger partial charge in [-0.25, -0.2) is 9.59 Å². The third-order valence-corrected chi connectivity index (χ3v) is 3.95. The fourth-order valence-electron chi connectivity index (χ4n) is 2.55. The number of phenols is 1. The molecule has 2 amide bonds. The van der Waals surface area contributed by atoms with E-state index in [1.807, 2.05) is 0 Å². The third kappa shape index (κ3) is 9.79. The van der Waals surface area contributed by atoms with E-state index in [9.17, 15) is 24.6 Å². The molecule has 0 aliphatic rings. The van der Waals surface area contributed by atoms with Crippen LogP contribution in [0.2, 0.25) is 0 Å². The van der Waals surface area contributed by atoms with Crippen molar-refractivity contribution in [2.75, 3.05) is 6.54 Å². The number of nitrogens with one attached hydrogen (secondary N) is 2. The molecule has 0 unspecified atom stereocenters. The van der Waals surface area contributed by atoms with Gasteiger partial charge in [0.05, 0.1) is 0 Å². The second-order valence-electron chi connectivity index (χ2n) is 7.75. The Kier molecular flexibility index (Phi) is 9.40. The minimum absolute atomic E-state index is 0.0701. The summed E-state index contributed by atoms with van der Waals surface area (Å²) in [4.78, 5) is 36.4. The van der Waals surface area contributed by atoms with Crippen molar-refractivity contribution in [3.05, 3.63) is 29.8 Å². The quantitative estimate of drug-likeness (QED) is 0.368. The summed E-state index contributed by atoms with van der Waals surface area (Å²) in [5.74, 6) is -1.72. The van der Waals surface area contributed by atoms with Crippen LogP contribution in [-0.4, -0.2) is 52.4 Å². The molecule has 6 N–H and O–H groups in total. The molecule has 1 aromatic rings. The highest BCUT2D eigenvalue weighted by molar-refractivity contribution is 5.89. The van der Waals surface area contributed by atoms with Crippen LogP contribution < -0.4 is 16.4 Å². The Morgan fingerprint density at radius 2 is 1.69 bits per heavy atom. The molecular weight excluding hydrogens is 378 g/mol. The number of nitrogens with two attached hydrogens (primary N) is 1. The normalized spacial score (nSPS) is 13.2. The van der Waals surface area contributed by atoms with Gasteiger partial charge >= 0.3 is 12.1 Å². The fourth-order valence-corrected chi connectivity index (χ4v) is 2.55. The van der Waals surface area contributed by atoms with Crippen LogP contribution in [0.4, 0.5) is 4.79 Å². The van der Waals surface area contributed by atoms with Crippen LogP contribution in [-0.2, 0) is 20.7 Å². The summed E-state index contributed by atoms with van der Waals surface area (Å²) < 4.78 is 5.21. The van der Waals surface area contributed by atoms with Crippen molar-refractivity contribution in [2.24, 2.45) is 5.73 Å². The lowest BCUT2D eigenvalue weighted by Gasteiger charge is -2.24. The van der Waals surface area contributed by atoms with Crippen molar-refractivity contribution >= 4 is 18.0 Å². The fraction of sp³-hybridized carbons (Fsp3) is 0.550. The number of benzene rings is 1. The molecule has 0 bridgehead atoms. The highest BCUT2D eigenvalue weighted by Crippen LogP contribution is 2.13. The molecule has 0 radical (unpaired) electrons. The van der Waals surface area contributed by atoms with Crippen molar-refractivity contribution in [2.45, 2.75) is 64.1 Å². The van der Waals surface area contributed by atoms with Crippen molar-refractivity contribution in [1.29, 1.82) is 0 Å². The zero-order valence-electron chi connectivity index (χ0n) is 17.1. The maximum atomic E-state index is 12.7. The molecule has 0 saturated carbocycles. The van der Waals surface area contributed by atoms with Gasteiger partial charge in [0.1, 0.15) is 23.4 Å². The lowest BCUT2D eigenvalue weighted by molar-refractivity contribution is -0.142. The summed E-state index contributed by atoms with van der Waals surface area (Å²) in [6.07, 6.45) is 0.742. The number of carbonyl (C=O) groups excluding carboxylic acids is 2. The van der Waals surface area contributed by atoms with Gasteiger partial charge in [-0.15, -0.1) is 0 Å². The number of aliphatic carboxylic acids is 1. The number of carbonyl (C=O) groups is 3. The molecule has 0 aromatic heterocycles. The average Bonchev–Trinajstić information content (AvgIpc) is 2.60. The van der Waals surface area contributed by atoms with Crippen LogP contribution in [0.5, 0.6) is 5.75 Å². The molecule has 1 aromatic carbocycles. The maximum Gasteiger partial charge on any atom is 0.408 e. The summed E-state index contributed by atoms with van der Waals surface area (Å²) in [6.45, 7) is 5.52. The van der Waals surface area contributed by atoms with E-state index >= 15 is 0 Å². The molecule has 29 heavy (non-hydrogen) atoms. The summed E-state index contributed by atoms with van der Waals surface area (Å²) in [5.41, 5.74) is 5.35. The first-order valence-corrected chi connectivity index (χ1v) is 9.52. The van der Waals surface area contributed by atoms with Crippen LogP contribution in [0.15, 0.2) is 24.3 Å². The van der Waals surface area contributed by atoms with Gasteiger partial charge in [-0.2, -0.15) is 0 Å². The summed E-state index contributed by atoms with van der Waals surface area (Å²) in [5, 5.41) is 23.8. The van der Waals surface area contributed by atoms with Crippen LogP contribution in [0.25, 0.3) is 0 Å². The second kappa shape index (κ2) is 11.3. The zero-order chi connectivity index (χ0) is 22.0. The van der Waals surface area contributed by atoms with Gasteiger partial charge in [0.25, 0.3) is 0 Å². The van der Waals surface area contributed by atoms with Crippen LogP contribution >= 0.6 is 0 Å². The van der Waals surface area contributed by atoms with Gasteiger partial charge in [0.2, 0.25) is 5.91 Å². The van der Waals surface area contributed by atoms with Crippen LogP contribution in [0.3, 0.4) is 0 Å². The van der Waals surface area contributed by atoms with E-state index in [1.54, 1.807) is 32.9 Å². The molecule has 2 atom stereocenters. The highest BCUT2D eigenvalue weighted by atomic mass is 16.6. The SMILES string of the molecule is CC(C)(C)OC(=O)N[C@@H](Cc1ccc(O)cc1)C(=O)N[C@@H](CCCCN)C(=O)O. The van der Waals surface area contributed by atoms with E-state index < -0.39 is 35.7 Å². The largest absolute Gasteiger partial charge is 0.508 e. The second-order valence-corrected chi connectivity index (χ2v) is 7.75. The van der Waals surface area contributed by atoms with Gasteiger partial charge < -0.3 is 31.3 Å². The van der Waals surface area contributed by atoms with Gasteiger partial charge in [0.15, 0.2) is 0 Å². The van der Waals surface area contributed by atoms with E-state index in [-0.39, 0.29) is 18.6 Å². The Morgan fingerprint density at radius 3 is 2.21 bits per heavy atom. The van der Waals surface area contributed by atoms with Gasteiger partial charge in [0, 0.05) is 6.42 Å². The molecular formula is C20H31N3O6. The van der Waals surface area contributed by atoms with E-state index in [4.69, 9.17) is 10.5 Å². The van der Waals surface area contributed by atoms with Gasteiger partial charge in [-0.05, 0) is 64.3 Å². The number of amides is 2. The van der Waals surface area contributed by atoms with E-state index in [2.05, 4.69) is 10.6 Å². The van der Waals surface area contributed by atoms with E-state index in [0.29, 0.717) is 24.9 Å². The number of carboxylic acid groups (broad SMARTS) is 1. The van der Waals surface area contributed by atoms with Crippen LogP contribution in [0.1, 0.15) is 45.6 Å². The Morgan fingerprint density at radius 1 is 1.07 bits per heavy atom. The molecule has 9 nitrogen and oxygen atoms in total. The first kappa shape index (κ1) is 24.2. The van der Waals surface area contributed by atoms with Crippen molar-refractivity contribution < 1.29 is 29.3 Å². The first-order chi connectivity index (χ1) is 13.5. The average molecular weight is 409 g/mol. The molecule has 0 aliphatic carbocycles. The number of rotatable bonds is 10. The standard InChI is InChI=1S/C20H31N3O6/c1-20(2,3)29-19(28)23-16(12-13-7-9-14(24)10-8-13)17(25)22-15(18(26)27)6-4-5-11-21/h7-10,15-16,24H,4-6,11-12,21H2,1-3H3,(H,22,25)(H,23,28)(H,26,27)/t15-,16-/m0/s1.